The number of quaternary nitrogens is 1. The summed E-state index contributed by atoms with van der Waals surface area (Å²) in [6, 6.07) is 15.7. The molecule has 28 heavy (non-hydrogen) atoms. The van der Waals surface area contributed by atoms with Gasteiger partial charge in [-0.3, -0.25) is 9.59 Å². The highest BCUT2D eigenvalue weighted by atomic mass is 16.2. The van der Waals surface area contributed by atoms with Crippen molar-refractivity contribution in [1.82, 2.24) is 4.90 Å². The summed E-state index contributed by atoms with van der Waals surface area (Å²) >= 11 is 0. The summed E-state index contributed by atoms with van der Waals surface area (Å²) in [6.07, 6.45) is 3.31. The number of benzene rings is 2. The van der Waals surface area contributed by atoms with Crippen molar-refractivity contribution in [2.75, 3.05) is 11.9 Å². The van der Waals surface area contributed by atoms with Crippen molar-refractivity contribution < 1.29 is 14.9 Å². The van der Waals surface area contributed by atoms with Crippen molar-refractivity contribution in [2.24, 2.45) is 0 Å². The third-order valence-corrected chi connectivity index (χ3v) is 5.97. The van der Waals surface area contributed by atoms with Crippen molar-refractivity contribution in [3.8, 4) is 0 Å². The summed E-state index contributed by atoms with van der Waals surface area (Å²) in [5.41, 5.74) is 4.58. The van der Waals surface area contributed by atoms with E-state index in [9.17, 15) is 9.59 Å². The summed E-state index contributed by atoms with van der Waals surface area (Å²) in [7, 11) is 0. The summed E-state index contributed by atoms with van der Waals surface area (Å²) in [6.45, 7) is 3.59. The third-order valence-electron chi connectivity index (χ3n) is 5.97. The molecule has 0 radical (unpaired) electrons. The fraction of sp³-hybridized carbons (Fsp3) is 0.391. The predicted octanol–water partition coefficient (Wildman–Crippen LogP) is 1.87. The van der Waals surface area contributed by atoms with Crippen LogP contribution in [0.4, 0.5) is 5.69 Å². The molecule has 146 valence electrons. The lowest BCUT2D eigenvalue weighted by atomic mass is 9.95. The lowest BCUT2D eigenvalue weighted by Gasteiger charge is -2.29. The van der Waals surface area contributed by atoms with Gasteiger partial charge in [0.2, 0.25) is 5.91 Å². The molecule has 2 atom stereocenters. The molecule has 1 fully saturated rings. The van der Waals surface area contributed by atoms with E-state index in [4.69, 9.17) is 0 Å². The van der Waals surface area contributed by atoms with Gasteiger partial charge >= 0.3 is 0 Å². The number of nitrogens with two attached hydrogens (primary N) is 1. The standard InChI is InChI=1S/C23H27N3O2/c1-2-16-9-11-19(12-10-16)25-22(27)21-8-5-13-26(21)23(28)20-14-17-6-3-4-7-18(17)15-24-20/h3-4,6-7,9-12,20-21,24H,2,5,8,13-15H2,1H3,(H,25,27)/p+1/t20-,21-/m0/s1. The van der Waals surface area contributed by atoms with Gasteiger partial charge in [-0.05, 0) is 42.5 Å². The number of carbonyl (C=O) groups excluding carboxylic acids is 2. The van der Waals surface area contributed by atoms with Gasteiger partial charge in [0.05, 0.1) is 0 Å². The average molecular weight is 378 g/mol. The van der Waals surface area contributed by atoms with Gasteiger partial charge in [0.25, 0.3) is 5.91 Å². The number of likely N-dealkylation sites (tertiary alicyclic amines) is 1. The molecule has 2 aromatic carbocycles. The fourth-order valence-electron chi connectivity index (χ4n) is 4.30. The predicted molar refractivity (Wildman–Crippen MR) is 109 cm³/mol. The van der Waals surface area contributed by atoms with Crippen LogP contribution in [0, 0.1) is 0 Å². The highest BCUT2D eigenvalue weighted by molar-refractivity contribution is 5.98. The molecular formula is C23H28N3O2+. The van der Waals surface area contributed by atoms with E-state index in [0.717, 1.165) is 37.9 Å². The van der Waals surface area contributed by atoms with E-state index in [0.29, 0.717) is 6.54 Å². The number of carbonyl (C=O) groups is 2. The van der Waals surface area contributed by atoms with E-state index in [1.54, 1.807) is 4.90 Å². The zero-order valence-electron chi connectivity index (χ0n) is 16.4. The quantitative estimate of drug-likeness (QED) is 0.853. The largest absolute Gasteiger partial charge is 0.332 e. The number of fused-ring (bicyclic) bond motifs is 1. The van der Waals surface area contributed by atoms with Crippen LogP contribution in [0.1, 0.15) is 36.5 Å². The van der Waals surface area contributed by atoms with Crippen LogP contribution in [-0.4, -0.2) is 35.3 Å². The van der Waals surface area contributed by atoms with Gasteiger partial charge in [0, 0.05) is 24.2 Å². The molecule has 2 aliphatic rings. The van der Waals surface area contributed by atoms with Crippen molar-refractivity contribution in [3.05, 3.63) is 65.2 Å². The van der Waals surface area contributed by atoms with Crippen LogP contribution in [0.2, 0.25) is 0 Å². The smallest absolute Gasteiger partial charge is 0.281 e. The third kappa shape index (κ3) is 3.80. The maximum Gasteiger partial charge on any atom is 0.281 e. The number of amides is 2. The topological polar surface area (TPSA) is 66.0 Å². The minimum Gasteiger partial charge on any atom is -0.332 e. The molecule has 3 N–H and O–H groups in total. The van der Waals surface area contributed by atoms with E-state index >= 15 is 0 Å². The highest BCUT2D eigenvalue weighted by Gasteiger charge is 2.39. The molecule has 4 rings (SSSR count). The first-order valence-corrected chi connectivity index (χ1v) is 10.3. The first-order chi connectivity index (χ1) is 13.7. The molecule has 5 heteroatoms. The molecule has 0 aromatic heterocycles. The molecule has 2 amide bonds. The zero-order chi connectivity index (χ0) is 19.5. The van der Waals surface area contributed by atoms with Gasteiger partial charge in [-0.2, -0.15) is 0 Å². The Morgan fingerprint density at radius 3 is 2.61 bits per heavy atom. The van der Waals surface area contributed by atoms with Crippen molar-refractivity contribution in [2.45, 2.75) is 51.2 Å². The Hall–Kier alpha value is -2.66. The van der Waals surface area contributed by atoms with E-state index in [-0.39, 0.29) is 23.9 Å². The number of hydrogen-bond donors (Lipinski definition) is 2. The molecule has 0 spiro atoms. The number of nitrogens with zero attached hydrogens (tertiary/aromatic N) is 1. The SMILES string of the molecule is CCc1ccc(NC(=O)[C@@H]2CCCN2C(=O)[C@@H]2Cc3ccccc3C[NH2+]2)cc1. The molecule has 2 aliphatic heterocycles. The maximum absolute atomic E-state index is 13.2. The van der Waals surface area contributed by atoms with E-state index in [1.807, 2.05) is 36.4 Å². The molecule has 0 unspecified atom stereocenters. The van der Waals surface area contributed by atoms with Crippen LogP contribution in [0.3, 0.4) is 0 Å². The summed E-state index contributed by atoms with van der Waals surface area (Å²) in [5.74, 6) is 0.0137. The Morgan fingerprint density at radius 2 is 1.86 bits per heavy atom. The van der Waals surface area contributed by atoms with Crippen LogP contribution < -0.4 is 10.6 Å². The molecule has 0 saturated carbocycles. The van der Waals surface area contributed by atoms with Gasteiger partial charge in [-0.25, -0.2) is 0 Å². The summed E-state index contributed by atoms with van der Waals surface area (Å²) in [4.78, 5) is 27.8. The monoisotopic (exact) mass is 378 g/mol. The fourth-order valence-corrected chi connectivity index (χ4v) is 4.30. The van der Waals surface area contributed by atoms with Crippen LogP contribution >= 0.6 is 0 Å². The average Bonchev–Trinajstić information content (AvgIpc) is 3.23. The van der Waals surface area contributed by atoms with Crippen molar-refractivity contribution in [1.29, 1.82) is 0 Å². The van der Waals surface area contributed by atoms with Crippen molar-refractivity contribution >= 4 is 17.5 Å². The van der Waals surface area contributed by atoms with Gasteiger partial charge in [0.1, 0.15) is 12.6 Å². The van der Waals surface area contributed by atoms with Gasteiger partial charge in [0.15, 0.2) is 6.04 Å². The second-order valence-corrected chi connectivity index (χ2v) is 7.75. The molecule has 2 heterocycles. The first-order valence-electron chi connectivity index (χ1n) is 10.3. The van der Waals surface area contributed by atoms with Crippen LogP contribution in [-0.2, 0) is 29.0 Å². The Morgan fingerprint density at radius 1 is 1.11 bits per heavy atom. The van der Waals surface area contributed by atoms with Gasteiger partial charge < -0.3 is 15.5 Å². The normalized spacial score (nSPS) is 21.2. The molecule has 0 bridgehead atoms. The van der Waals surface area contributed by atoms with Crippen LogP contribution in [0.15, 0.2) is 48.5 Å². The molecule has 5 nitrogen and oxygen atoms in total. The summed E-state index contributed by atoms with van der Waals surface area (Å²) in [5, 5.41) is 5.11. The molecular weight excluding hydrogens is 350 g/mol. The minimum absolute atomic E-state index is 0.0775. The van der Waals surface area contributed by atoms with Gasteiger partial charge in [-0.1, -0.05) is 43.3 Å². The Bertz CT molecular complexity index is 862. The van der Waals surface area contributed by atoms with E-state index in [1.165, 1.54) is 16.7 Å². The molecule has 0 aliphatic carbocycles. The highest BCUT2D eigenvalue weighted by Crippen LogP contribution is 2.22. The summed E-state index contributed by atoms with van der Waals surface area (Å²) < 4.78 is 0. The number of aryl methyl sites for hydroxylation is 1. The zero-order valence-corrected chi connectivity index (χ0v) is 16.4. The Kier molecular flexibility index (Phi) is 5.44. The Labute approximate surface area is 166 Å². The lowest BCUT2D eigenvalue weighted by Crippen LogP contribution is -2.93. The second kappa shape index (κ2) is 8.15. The Balaban J connectivity index is 1.42. The minimum atomic E-state index is -0.371. The molecule has 2 aromatic rings. The van der Waals surface area contributed by atoms with Crippen molar-refractivity contribution in [3.63, 3.8) is 0 Å². The second-order valence-electron chi connectivity index (χ2n) is 7.75. The van der Waals surface area contributed by atoms with Crippen LogP contribution in [0.25, 0.3) is 0 Å². The number of hydrogen-bond acceptors (Lipinski definition) is 2. The lowest BCUT2D eigenvalue weighted by molar-refractivity contribution is -0.695. The number of rotatable bonds is 4. The number of nitrogens with one attached hydrogen (secondary N) is 1. The van der Waals surface area contributed by atoms with Crippen LogP contribution in [0.5, 0.6) is 0 Å². The number of anilines is 1. The van der Waals surface area contributed by atoms with E-state index < -0.39 is 0 Å². The van der Waals surface area contributed by atoms with Gasteiger partial charge in [-0.15, -0.1) is 0 Å². The van der Waals surface area contributed by atoms with E-state index in [2.05, 4.69) is 29.7 Å². The molecule has 1 saturated heterocycles. The first kappa shape index (κ1) is 18.7. The maximum atomic E-state index is 13.2.